The second-order valence-corrected chi connectivity index (χ2v) is 16.1. The molecule has 0 atom stereocenters. The van der Waals surface area contributed by atoms with E-state index in [4.69, 9.17) is 0 Å². The Kier molecular flexibility index (Phi) is 5.58. The second kappa shape index (κ2) is 9.89. The van der Waals surface area contributed by atoms with E-state index in [1.54, 1.807) is 0 Å². The molecular weight excluding hydrogens is 629 g/mol. The van der Waals surface area contributed by atoms with Crippen LogP contribution in [0.15, 0.2) is 146 Å². The Morgan fingerprint density at radius 2 is 0.939 bits per heavy atom. The van der Waals surface area contributed by atoms with Crippen LogP contribution in [0.4, 0.5) is 0 Å². The first-order valence-corrected chi connectivity index (χ1v) is 18.7. The number of thiophene rings is 2. The molecule has 0 aliphatic heterocycles. The van der Waals surface area contributed by atoms with Crippen LogP contribution in [0, 0.1) is 0 Å². The molecule has 0 saturated heterocycles. The van der Waals surface area contributed by atoms with Crippen LogP contribution in [0.2, 0.25) is 0 Å². The van der Waals surface area contributed by atoms with E-state index < -0.39 is 0 Å². The van der Waals surface area contributed by atoms with E-state index in [1.165, 1.54) is 106 Å². The molecule has 1 aliphatic rings. The highest BCUT2D eigenvalue weighted by atomic mass is 32.1. The van der Waals surface area contributed by atoms with Gasteiger partial charge in [0.1, 0.15) is 0 Å². The molecule has 0 bridgehead atoms. The van der Waals surface area contributed by atoms with Gasteiger partial charge in [0.05, 0.1) is 0 Å². The minimum absolute atomic E-state index is 0.0178. The van der Waals surface area contributed by atoms with E-state index in [1.807, 2.05) is 22.7 Å². The van der Waals surface area contributed by atoms with E-state index in [-0.39, 0.29) is 5.41 Å². The summed E-state index contributed by atoms with van der Waals surface area (Å²) in [6.45, 7) is 4.72. The normalized spacial score (nSPS) is 13.7. The molecule has 230 valence electrons. The summed E-state index contributed by atoms with van der Waals surface area (Å²) in [5, 5.41) is 10.6. The molecule has 0 unspecified atom stereocenters. The van der Waals surface area contributed by atoms with Crippen LogP contribution in [0.5, 0.6) is 0 Å². The molecule has 1 aliphatic carbocycles. The minimum atomic E-state index is -0.0178. The SMILES string of the molecule is CC1(C)c2ccccc2-c2cc(-c3c4ccccc4c(-c4c5sc6ccccc6c5cc5sc6ccccc6c45)c4ccccc34)ccc21. The van der Waals surface area contributed by atoms with Gasteiger partial charge in [-0.1, -0.05) is 135 Å². The van der Waals surface area contributed by atoms with Gasteiger partial charge in [-0.15, -0.1) is 22.7 Å². The Morgan fingerprint density at radius 3 is 1.65 bits per heavy atom. The zero-order valence-electron chi connectivity index (χ0n) is 27.2. The van der Waals surface area contributed by atoms with E-state index in [0.717, 1.165) is 0 Å². The molecule has 0 radical (unpaired) electrons. The number of rotatable bonds is 2. The molecule has 0 amide bonds. The lowest BCUT2D eigenvalue weighted by Gasteiger charge is -2.22. The molecule has 8 aromatic carbocycles. The minimum Gasteiger partial charge on any atom is -0.135 e. The molecule has 10 aromatic rings. The third-order valence-corrected chi connectivity index (χ3v) is 13.4. The zero-order chi connectivity index (χ0) is 32.4. The number of fused-ring (bicyclic) bond motifs is 11. The first-order chi connectivity index (χ1) is 24.1. The molecule has 0 nitrogen and oxygen atoms in total. The maximum absolute atomic E-state index is 2.47. The third-order valence-electron chi connectivity index (χ3n) is 11.1. The Hall–Kier alpha value is -5.28. The van der Waals surface area contributed by atoms with Gasteiger partial charge in [0.2, 0.25) is 0 Å². The Labute approximate surface area is 292 Å². The molecule has 11 rings (SSSR count). The van der Waals surface area contributed by atoms with Crippen LogP contribution in [-0.2, 0) is 5.41 Å². The Morgan fingerprint density at radius 1 is 0.388 bits per heavy atom. The predicted octanol–water partition coefficient (Wildman–Crippen LogP) is 14.4. The van der Waals surface area contributed by atoms with E-state index in [2.05, 4.69) is 159 Å². The zero-order valence-corrected chi connectivity index (χ0v) is 28.8. The van der Waals surface area contributed by atoms with E-state index in [0.29, 0.717) is 0 Å². The van der Waals surface area contributed by atoms with Gasteiger partial charge >= 0.3 is 0 Å². The lowest BCUT2D eigenvalue weighted by molar-refractivity contribution is 0.660. The average molecular weight is 659 g/mol. The molecule has 0 fully saturated rings. The highest BCUT2D eigenvalue weighted by Gasteiger charge is 2.35. The standard InChI is InChI=1S/C47H30S2/c1-47(2)37-20-10-7-13-28(37)35-25-27(23-24-38(35)47)42-30-15-3-5-17-32(30)43(33-18-6-4-16-31(33)42)45-44-34-19-9-12-22-40(34)48-41(44)26-36-29-14-8-11-21-39(29)49-46(36)45/h3-26H,1-2H3. The topological polar surface area (TPSA) is 0 Å². The lowest BCUT2D eigenvalue weighted by Crippen LogP contribution is -2.14. The van der Waals surface area contributed by atoms with Crippen LogP contribution >= 0.6 is 22.7 Å². The van der Waals surface area contributed by atoms with Crippen molar-refractivity contribution in [3.63, 3.8) is 0 Å². The molecular formula is C47H30S2. The summed E-state index contributed by atoms with van der Waals surface area (Å²) in [5.74, 6) is 0. The summed E-state index contributed by atoms with van der Waals surface area (Å²) in [6.07, 6.45) is 0. The van der Waals surface area contributed by atoms with Gasteiger partial charge < -0.3 is 0 Å². The van der Waals surface area contributed by atoms with Crippen LogP contribution in [0.3, 0.4) is 0 Å². The fourth-order valence-corrected chi connectivity index (χ4v) is 11.3. The van der Waals surface area contributed by atoms with Gasteiger partial charge in [-0.2, -0.15) is 0 Å². The smallest absolute Gasteiger partial charge is 0.0441 e. The maximum Gasteiger partial charge on any atom is 0.0441 e. The van der Waals surface area contributed by atoms with Crippen molar-refractivity contribution in [3.8, 4) is 33.4 Å². The summed E-state index contributed by atoms with van der Waals surface area (Å²) >= 11 is 3.86. The summed E-state index contributed by atoms with van der Waals surface area (Å²) < 4.78 is 5.40. The van der Waals surface area contributed by atoms with Crippen molar-refractivity contribution in [2.75, 3.05) is 0 Å². The van der Waals surface area contributed by atoms with Crippen molar-refractivity contribution >= 4 is 84.6 Å². The largest absolute Gasteiger partial charge is 0.135 e. The van der Waals surface area contributed by atoms with Crippen molar-refractivity contribution in [1.29, 1.82) is 0 Å². The van der Waals surface area contributed by atoms with Gasteiger partial charge in [0.25, 0.3) is 0 Å². The summed E-state index contributed by atoms with van der Waals surface area (Å²) in [4.78, 5) is 0. The van der Waals surface area contributed by atoms with E-state index >= 15 is 0 Å². The molecule has 49 heavy (non-hydrogen) atoms. The fourth-order valence-electron chi connectivity index (χ4n) is 8.89. The van der Waals surface area contributed by atoms with Gasteiger partial charge in [-0.3, -0.25) is 0 Å². The van der Waals surface area contributed by atoms with Crippen molar-refractivity contribution in [2.45, 2.75) is 19.3 Å². The predicted molar refractivity (Wildman–Crippen MR) is 216 cm³/mol. The van der Waals surface area contributed by atoms with Crippen molar-refractivity contribution in [2.24, 2.45) is 0 Å². The lowest BCUT2D eigenvalue weighted by atomic mass is 9.81. The van der Waals surface area contributed by atoms with Gasteiger partial charge in [-0.25, -0.2) is 0 Å². The summed E-state index contributed by atoms with van der Waals surface area (Å²) in [6, 6.07) is 54.8. The molecule has 2 heteroatoms. The summed E-state index contributed by atoms with van der Waals surface area (Å²) in [5.41, 5.74) is 10.8. The van der Waals surface area contributed by atoms with Crippen molar-refractivity contribution in [3.05, 3.63) is 157 Å². The van der Waals surface area contributed by atoms with Gasteiger partial charge in [0.15, 0.2) is 0 Å². The first-order valence-electron chi connectivity index (χ1n) is 17.0. The quantitative estimate of drug-likeness (QED) is 0.162. The Bertz CT molecular complexity index is 2960. The Balaban J connectivity index is 1.31. The number of benzene rings is 8. The highest BCUT2D eigenvalue weighted by Crippen LogP contribution is 2.54. The molecule has 0 N–H and O–H groups in total. The van der Waals surface area contributed by atoms with Gasteiger partial charge in [0, 0.05) is 51.3 Å². The molecule has 0 spiro atoms. The average Bonchev–Trinajstić information content (AvgIpc) is 3.77. The maximum atomic E-state index is 2.47. The van der Waals surface area contributed by atoms with Crippen molar-refractivity contribution in [1.82, 2.24) is 0 Å². The van der Waals surface area contributed by atoms with Crippen molar-refractivity contribution < 1.29 is 0 Å². The van der Waals surface area contributed by atoms with Gasteiger partial charge in [-0.05, 0) is 84.8 Å². The highest BCUT2D eigenvalue weighted by molar-refractivity contribution is 7.28. The second-order valence-electron chi connectivity index (χ2n) is 14.0. The van der Waals surface area contributed by atoms with Crippen LogP contribution in [-0.4, -0.2) is 0 Å². The van der Waals surface area contributed by atoms with E-state index in [9.17, 15) is 0 Å². The molecule has 2 heterocycles. The molecule has 2 aromatic heterocycles. The monoisotopic (exact) mass is 658 g/mol. The number of hydrogen-bond acceptors (Lipinski definition) is 2. The fraction of sp³-hybridized carbons (Fsp3) is 0.0638. The van der Waals surface area contributed by atoms with Crippen LogP contribution in [0.1, 0.15) is 25.0 Å². The third kappa shape index (κ3) is 3.68. The number of hydrogen-bond donors (Lipinski definition) is 0. The summed E-state index contributed by atoms with van der Waals surface area (Å²) in [7, 11) is 0. The van der Waals surface area contributed by atoms with Crippen LogP contribution in [0.25, 0.3) is 95.3 Å². The first kappa shape index (κ1) is 27.6. The van der Waals surface area contributed by atoms with Crippen LogP contribution < -0.4 is 0 Å². The molecule has 0 saturated carbocycles.